The van der Waals surface area contributed by atoms with E-state index in [-0.39, 0.29) is 47.3 Å². The number of carbonyl (C=O) groups is 2. The van der Waals surface area contributed by atoms with Gasteiger partial charge in [-0.3, -0.25) is 14.4 Å². The summed E-state index contributed by atoms with van der Waals surface area (Å²) >= 11 is 0. The van der Waals surface area contributed by atoms with Crippen molar-refractivity contribution in [3.8, 4) is 11.5 Å². The molecule has 26 heavy (non-hydrogen) atoms. The van der Waals surface area contributed by atoms with Crippen LogP contribution in [-0.4, -0.2) is 29.9 Å². The van der Waals surface area contributed by atoms with E-state index in [4.69, 9.17) is 10.2 Å². The van der Waals surface area contributed by atoms with Crippen LogP contribution in [0.15, 0.2) is 21.3 Å². The zero-order chi connectivity index (χ0) is 18.6. The van der Waals surface area contributed by atoms with Gasteiger partial charge in [0.05, 0.1) is 16.8 Å². The summed E-state index contributed by atoms with van der Waals surface area (Å²) in [6, 6.07) is 3.41. The summed E-state index contributed by atoms with van der Waals surface area (Å²) in [5, 5.41) is 5.37. The molecule has 1 aliphatic carbocycles. The van der Waals surface area contributed by atoms with E-state index in [0.717, 1.165) is 5.56 Å². The highest BCUT2D eigenvalue weighted by molar-refractivity contribution is 6.08. The van der Waals surface area contributed by atoms with Crippen molar-refractivity contribution < 1.29 is 14.0 Å². The van der Waals surface area contributed by atoms with E-state index in [1.54, 1.807) is 19.1 Å². The Morgan fingerprint density at radius 2 is 1.77 bits per heavy atom. The first-order valence-electron chi connectivity index (χ1n) is 8.12. The number of nitrogens with two attached hydrogens (primary N) is 1. The van der Waals surface area contributed by atoms with Crippen LogP contribution in [0.1, 0.15) is 31.8 Å². The van der Waals surface area contributed by atoms with Gasteiger partial charge >= 0.3 is 0 Å². The Labute approximate surface area is 147 Å². The number of amides is 2. The topological polar surface area (TPSA) is 127 Å². The molecule has 0 atom stereocenters. The number of aryl methyl sites for hydroxylation is 1. The lowest BCUT2D eigenvalue weighted by molar-refractivity contribution is 0.0929. The van der Waals surface area contributed by atoms with Crippen molar-refractivity contribution in [1.29, 1.82) is 0 Å². The molecule has 0 unspecified atom stereocenters. The average molecular weight is 352 g/mol. The number of benzene rings is 2. The van der Waals surface area contributed by atoms with Crippen LogP contribution in [0.4, 0.5) is 5.69 Å². The van der Waals surface area contributed by atoms with Crippen LogP contribution < -0.4 is 21.8 Å². The normalized spacial score (nSPS) is 14.5. The fourth-order valence-corrected chi connectivity index (χ4v) is 3.14. The molecule has 1 aromatic rings. The summed E-state index contributed by atoms with van der Waals surface area (Å²) in [7, 11) is 0. The second kappa shape index (κ2) is 5.55. The molecular weight excluding hydrogens is 336 g/mol. The maximum atomic E-state index is 12.6. The molecule has 4 rings (SSSR count). The molecule has 0 saturated heterocycles. The maximum Gasteiger partial charge on any atom is 0.255 e. The average Bonchev–Trinajstić information content (AvgIpc) is 2.64. The van der Waals surface area contributed by atoms with E-state index in [1.807, 2.05) is 6.92 Å². The fraction of sp³-hybridized carbons (Fsp3) is 0.222. The second-order valence-corrected chi connectivity index (χ2v) is 6.25. The van der Waals surface area contributed by atoms with E-state index in [1.165, 1.54) is 0 Å². The van der Waals surface area contributed by atoms with Gasteiger partial charge in [-0.2, -0.15) is 0 Å². The molecule has 2 bridgehead atoms. The number of carbonyl (C=O) groups excluding carboxylic acids is 2. The third-order valence-corrected chi connectivity index (χ3v) is 4.57. The van der Waals surface area contributed by atoms with Gasteiger partial charge in [0.2, 0.25) is 5.43 Å². The molecule has 0 aromatic heterocycles. The van der Waals surface area contributed by atoms with Crippen molar-refractivity contribution in [2.45, 2.75) is 13.8 Å². The van der Waals surface area contributed by atoms with Gasteiger partial charge in [0.25, 0.3) is 11.8 Å². The lowest BCUT2D eigenvalue weighted by Gasteiger charge is -2.16. The van der Waals surface area contributed by atoms with Gasteiger partial charge in [-0.05, 0) is 25.5 Å². The molecule has 1 aromatic carbocycles. The highest BCUT2D eigenvalue weighted by atomic mass is 16.3. The van der Waals surface area contributed by atoms with Gasteiger partial charge in [-0.25, -0.2) is 4.98 Å². The standard InChI is InChI=1S/C18H16N4O4/c1-7-3-4-9-12-15(7)26-16-8(2)14(23)11(19)10(13(16)22-12)18(25)21-6-5-20-17(9)24/h3-4H,5-6,19H2,1-2H3,(H,20,24)(H,21,25). The molecule has 0 fully saturated rings. The van der Waals surface area contributed by atoms with Crippen LogP contribution in [0, 0.1) is 13.8 Å². The summed E-state index contributed by atoms with van der Waals surface area (Å²) in [5.74, 6) is -0.654. The van der Waals surface area contributed by atoms with Gasteiger partial charge in [0.15, 0.2) is 11.3 Å². The number of rotatable bonds is 0. The minimum atomic E-state index is -0.531. The Morgan fingerprint density at radius 3 is 2.50 bits per heavy atom. The first kappa shape index (κ1) is 16.1. The minimum absolute atomic E-state index is 0.0249. The van der Waals surface area contributed by atoms with E-state index < -0.39 is 11.3 Å². The lowest BCUT2D eigenvalue weighted by atomic mass is 9.99. The molecule has 4 N–H and O–H groups in total. The molecule has 8 nitrogen and oxygen atoms in total. The third kappa shape index (κ3) is 2.15. The summed E-state index contributed by atoms with van der Waals surface area (Å²) in [6.07, 6.45) is 0. The van der Waals surface area contributed by atoms with Crippen LogP contribution in [0.25, 0.3) is 22.6 Å². The molecule has 0 radical (unpaired) electrons. The smallest absolute Gasteiger partial charge is 0.255 e. The van der Waals surface area contributed by atoms with Gasteiger partial charge in [0.1, 0.15) is 11.2 Å². The first-order chi connectivity index (χ1) is 12.4. The van der Waals surface area contributed by atoms with Gasteiger partial charge in [-0.15, -0.1) is 0 Å². The molecule has 132 valence electrons. The Hall–Kier alpha value is -3.42. The molecule has 0 spiro atoms. The fourth-order valence-electron chi connectivity index (χ4n) is 3.14. The van der Waals surface area contributed by atoms with Gasteiger partial charge in [-0.1, -0.05) is 6.07 Å². The van der Waals surface area contributed by atoms with Crippen molar-refractivity contribution in [2.24, 2.45) is 0 Å². The molecule has 2 heterocycles. The number of nitrogens with zero attached hydrogens (tertiary/aromatic N) is 1. The van der Waals surface area contributed by atoms with E-state index in [9.17, 15) is 14.4 Å². The summed E-state index contributed by atoms with van der Waals surface area (Å²) in [5.41, 5.74) is 7.52. The number of nitrogen functional groups attached to an aromatic ring is 1. The van der Waals surface area contributed by atoms with Crippen molar-refractivity contribution in [2.75, 3.05) is 18.8 Å². The van der Waals surface area contributed by atoms with Gasteiger partial charge < -0.3 is 20.8 Å². The van der Waals surface area contributed by atoms with Crippen LogP contribution >= 0.6 is 0 Å². The molecule has 2 amide bonds. The van der Waals surface area contributed by atoms with Crippen LogP contribution in [-0.2, 0) is 0 Å². The van der Waals surface area contributed by atoms with Crippen molar-refractivity contribution in [3.63, 3.8) is 0 Å². The maximum absolute atomic E-state index is 12.6. The zero-order valence-corrected chi connectivity index (χ0v) is 14.2. The summed E-state index contributed by atoms with van der Waals surface area (Å²) < 4.78 is 5.96. The quantitative estimate of drug-likeness (QED) is 0.408. The predicted octanol–water partition coefficient (Wildman–Crippen LogP) is 0.965. The van der Waals surface area contributed by atoms with Crippen molar-refractivity contribution in [3.05, 3.63) is 44.6 Å². The number of anilines is 1. The SMILES string of the molecule is Cc1c2oc3c(C)ccc4c3nc-2c(c(N)c1=O)C(=O)NCCNC4=O. The summed E-state index contributed by atoms with van der Waals surface area (Å²) in [4.78, 5) is 42.1. The highest BCUT2D eigenvalue weighted by Crippen LogP contribution is 2.34. The second-order valence-electron chi connectivity index (χ2n) is 6.25. The monoisotopic (exact) mass is 352 g/mol. The lowest BCUT2D eigenvalue weighted by Crippen LogP contribution is -2.35. The number of hydrogen-bond acceptors (Lipinski definition) is 6. The van der Waals surface area contributed by atoms with Crippen molar-refractivity contribution in [1.82, 2.24) is 15.6 Å². The third-order valence-electron chi connectivity index (χ3n) is 4.57. The predicted molar refractivity (Wildman–Crippen MR) is 95.5 cm³/mol. The Bertz CT molecular complexity index is 1130. The zero-order valence-electron chi connectivity index (χ0n) is 14.2. The minimum Gasteiger partial charge on any atom is -0.452 e. The number of hydrogen-bond donors (Lipinski definition) is 3. The van der Waals surface area contributed by atoms with Gasteiger partial charge in [0, 0.05) is 18.7 Å². The van der Waals surface area contributed by atoms with Crippen molar-refractivity contribution >= 4 is 28.6 Å². The van der Waals surface area contributed by atoms with Crippen LogP contribution in [0.5, 0.6) is 0 Å². The van der Waals surface area contributed by atoms with E-state index in [2.05, 4.69) is 15.6 Å². The molecule has 0 saturated carbocycles. The van der Waals surface area contributed by atoms with Crippen LogP contribution in [0.2, 0.25) is 0 Å². The molecule has 8 heteroatoms. The highest BCUT2D eigenvalue weighted by Gasteiger charge is 2.29. The first-order valence-corrected chi connectivity index (χ1v) is 8.12. The molecule has 3 aliphatic rings. The van der Waals surface area contributed by atoms with E-state index >= 15 is 0 Å². The molecular formula is C18H16N4O4. The number of nitrogens with one attached hydrogen (secondary N) is 2. The Morgan fingerprint density at radius 1 is 1.08 bits per heavy atom. The largest absolute Gasteiger partial charge is 0.452 e. The molecule has 2 aliphatic heterocycles. The Kier molecular flexibility index (Phi) is 3.43. The van der Waals surface area contributed by atoms with E-state index in [0.29, 0.717) is 16.7 Å². The number of aromatic nitrogens is 1. The summed E-state index contributed by atoms with van der Waals surface area (Å²) in [6.45, 7) is 3.81. The van der Waals surface area contributed by atoms with Crippen LogP contribution in [0.3, 0.4) is 0 Å². The Balaban J connectivity index is 2.26.